The molecule has 0 spiro atoms. The molecule has 0 fully saturated rings. The van der Waals surface area contributed by atoms with E-state index in [2.05, 4.69) is 0 Å². The maximum absolute atomic E-state index is 16.3. The second-order valence-electron chi connectivity index (χ2n) is 9.34. The summed E-state index contributed by atoms with van der Waals surface area (Å²) in [7, 11) is 0. The smallest absolute Gasteiger partial charge is 0.186 e. The fourth-order valence-electron chi connectivity index (χ4n) is 5.00. The fraction of sp³-hybridized carbons (Fsp3) is 0. The molecular weight excluding hydrogens is 550 g/mol. The fourth-order valence-corrected chi connectivity index (χ4v) is 5.00. The van der Waals surface area contributed by atoms with Gasteiger partial charge in [-0.25, -0.2) is 26.3 Å². The third-order valence-corrected chi connectivity index (χ3v) is 6.85. The van der Waals surface area contributed by atoms with Crippen molar-refractivity contribution < 1.29 is 26.3 Å². The Morgan fingerprint density at radius 3 is 0.762 bits per heavy atom. The van der Waals surface area contributed by atoms with Gasteiger partial charge in [-0.15, -0.1) is 0 Å². The number of nitrogens with zero attached hydrogens (tertiary/aromatic N) is 2. The van der Waals surface area contributed by atoms with Crippen molar-refractivity contribution in [3.05, 3.63) is 156 Å². The van der Waals surface area contributed by atoms with Gasteiger partial charge in [0.05, 0.1) is 10.8 Å². The topological polar surface area (TPSA) is 6.48 Å². The van der Waals surface area contributed by atoms with Gasteiger partial charge in [-0.1, -0.05) is 72.8 Å². The lowest BCUT2D eigenvalue weighted by molar-refractivity contribution is 0.484. The summed E-state index contributed by atoms with van der Waals surface area (Å²) >= 11 is 0. The third kappa shape index (κ3) is 4.41. The van der Waals surface area contributed by atoms with E-state index in [9.17, 15) is 0 Å². The number of anilines is 6. The molecule has 6 aromatic carbocycles. The van der Waals surface area contributed by atoms with Crippen LogP contribution in [-0.4, -0.2) is 0 Å². The molecule has 0 bridgehead atoms. The molecule has 0 radical (unpaired) electrons. The van der Waals surface area contributed by atoms with Crippen molar-refractivity contribution in [1.82, 2.24) is 0 Å². The van der Waals surface area contributed by atoms with Crippen LogP contribution in [0.1, 0.15) is 0 Å². The van der Waals surface area contributed by atoms with Crippen LogP contribution >= 0.6 is 0 Å². The van der Waals surface area contributed by atoms with Crippen LogP contribution in [0, 0.1) is 34.9 Å². The predicted octanol–water partition coefficient (Wildman–Crippen LogP) is 10.6. The molecule has 2 nitrogen and oxygen atoms in total. The number of para-hydroxylation sites is 4. The van der Waals surface area contributed by atoms with Crippen LogP contribution in [0.25, 0.3) is 10.8 Å². The number of hydrogen-bond donors (Lipinski definition) is 0. The maximum atomic E-state index is 16.3. The Labute approximate surface area is 237 Å². The minimum absolute atomic E-state index is 0.206. The predicted molar refractivity (Wildman–Crippen MR) is 153 cm³/mol. The van der Waals surface area contributed by atoms with Crippen LogP contribution in [-0.2, 0) is 0 Å². The van der Waals surface area contributed by atoms with Crippen molar-refractivity contribution >= 4 is 44.9 Å². The quantitative estimate of drug-likeness (QED) is 0.145. The van der Waals surface area contributed by atoms with Crippen LogP contribution < -0.4 is 9.80 Å². The highest BCUT2D eigenvalue weighted by Crippen LogP contribution is 2.47. The van der Waals surface area contributed by atoms with Crippen LogP contribution in [0.3, 0.4) is 0 Å². The van der Waals surface area contributed by atoms with Crippen LogP contribution in [0.2, 0.25) is 0 Å². The first kappa shape index (κ1) is 27.0. The van der Waals surface area contributed by atoms with E-state index in [4.69, 9.17) is 0 Å². The molecule has 0 aliphatic heterocycles. The van der Waals surface area contributed by atoms with Gasteiger partial charge in [-0.3, -0.25) is 0 Å². The molecule has 0 heterocycles. The summed E-state index contributed by atoms with van der Waals surface area (Å²) in [6.07, 6.45) is 0. The molecule has 6 aromatic rings. The van der Waals surface area contributed by atoms with Crippen molar-refractivity contribution in [2.24, 2.45) is 0 Å². The molecule has 0 aliphatic rings. The Balaban J connectivity index is 1.68. The van der Waals surface area contributed by atoms with Crippen LogP contribution in [0.5, 0.6) is 0 Å². The first-order chi connectivity index (χ1) is 20.4. The van der Waals surface area contributed by atoms with E-state index in [-0.39, 0.29) is 22.7 Å². The number of rotatable bonds is 6. The van der Waals surface area contributed by atoms with Gasteiger partial charge in [-0.05, 0) is 48.5 Å². The minimum Gasteiger partial charge on any atom is -0.305 e. The Morgan fingerprint density at radius 1 is 0.286 bits per heavy atom. The van der Waals surface area contributed by atoms with Crippen molar-refractivity contribution in [3.8, 4) is 0 Å². The monoisotopic (exact) mass is 570 g/mol. The molecule has 0 amide bonds. The lowest BCUT2D eigenvalue weighted by Gasteiger charge is -2.29. The highest BCUT2D eigenvalue weighted by Gasteiger charge is 2.35. The summed E-state index contributed by atoms with van der Waals surface area (Å²) in [6.45, 7) is 0. The highest BCUT2D eigenvalue weighted by atomic mass is 19.2. The van der Waals surface area contributed by atoms with E-state index in [0.717, 1.165) is 9.80 Å². The van der Waals surface area contributed by atoms with Crippen LogP contribution in [0.15, 0.2) is 121 Å². The molecule has 0 saturated carbocycles. The van der Waals surface area contributed by atoms with Gasteiger partial charge in [0.25, 0.3) is 0 Å². The second-order valence-corrected chi connectivity index (χ2v) is 9.34. The zero-order valence-corrected chi connectivity index (χ0v) is 21.7. The van der Waals surface area contributed by atoms with Crippen molar-refractivity contribution in [2.75, 3.05) is 9.80 Å². The van der Waals surface area contributed by atoms with Crippen molar-refractivity contribution in [2.45, 2.75) is 0 Å². The Bertz CT molecular complexity index is 1660. The molecule has 0 saturated heterocycles. The summed E-state index contributed by atoms with van der Waals surface area (Å²) in [5.74, 6) is -10.6. The summed E-state index contributed by atoms with van der Waals surface area (Å²) in [5, 5.41) is -2.69. The summed E-state index contributed by atoms with van der Waals surface area (Å²) < 4.78 is 96.4. The zero-order valence-electron chi connectivity index (χ0n) is 21.7. The number of halogens is 6. The molecule has 42 heavy (non-hydrogen) atoms. The van der Waals surface area contributed by atoms with Crippen molar-refractivity contribution in [3.63, 3.8) is 0 Å². The molecule has 6 rings (SSSR count). The first-order valence-corrected chi connectivity index (χ1v) is 12.9. The standard InChI is InChI=1S/C34H20F6N2/c35-27-26-25(29(37)33(31(27)39)41(21-13-5-1-6-14-21)22-15-7-2-8-16-22)28(36)32(40)34(30(26)38)42(23-17-9-3-10-18-23)24-19-11-4-12-20-24/h1-20H. The SMILES string of the molecule is Fc1c(N(c2ccccc2)c2ccccc2)c(F)c2c(F)c(F)c(N(c3ccccc3)c3ccccc3)c(F)c2c1F. The molecule has 8 heteroatoms. The Morgan fingerprint density at radius 2 is 0.524 bits per heavy atom. The Hall–Kier alpha value is -5.24. The number of hydrogen-bond acceptors (Lipinski definition) is 2. The minimum atomic E-state index is -1.86. The van der Waals surface area contributed by atoms with Crippen LogP contribution in [0.4, 0.5) is 60.5 Å². The van der Waals surface area contributed by atoms with E-state index >= 15 is 26.3 Å². The molecule has 0 N–H and O–H groups in total. The molecule has 0 aromatic heterocycles. The van der Waals surface area contributed by atoms with Gasteiger partial charge in [-0.2, -0.15) is 0 Å². The van der Waals surface area contributed by atoms with Gasteiger partial charge in [0.1, 0.15) is 11.4 Å². The number of fused-ring (bicyclic) bond motifs is 1. The van der Waals surface area contributed by atoms with E-state index in [1.54, 1.807) is 72.8 Å². The molecule has 208 valence electrons. The maximum Gasteiger partial charge on any atom is 0.186 e. The van der Waals surface area contributed by atoms with E-state index in [1.165, 1.54) is 48.5 Å². The zero-order chi connectivity index (χ0) is 29.4. The van der Waals surface area contributed by atoms with E-state index < -0.39 is 57.1 Å². The Kier molecular flexibility index (Phi) is 7.04. The lowest BCUT2D eigenvalue weighted by Crippen LogP contribution is -2.18. The number of benzene rings is 6. The van der Waals surface area contributed by atoms with E-state index in [0.29, 0.717) is 0 Å². The largest absolute Gasteiger partial charge is 0.305 e. The normalized spacial score (nSPS) is 11.1. The van der Waals surface area contributed by atoms with Gasteiger partial charge in [0.2, 0.25) is 0 Å². The average molecular weight is 571 g/mol. The first-order valence-electron chi connectivity index (χ1n) is 12.9. The lowest BCUT2D eigenvalue weighted by atomic mass is 10.0. The molecule has 0 unspecified atom stereocenters. The van der Waals surface area contributed by atoms with Crippen molar-refractivity contribution in [1.29, 1.82) is 0 Å². The molecule has 0 aliphatic carbocycles. The van der Waals surface area contributed by atoms with Gasteiger partial charge in [0, 0.05) is 22.7 Å². The summed E-state index contributed by atoms with van der Waals surface area (Å²) in [6, 6.07) is 31.4. The molecule has 0 atom stereocenters. The summed E-state index contributed by atoms with van der Waals surface area (Å²) in [4.78, 5) is 2.05. The van der Waals surface area contributed by atoms with Gasteiger partial charge in [0.15, 0.2) is 34.9 Å². The average Bonchev–Trinajstić information content (AvgIpc) is 3.03. The molecular formula is C34H20F6N2. The second kappa shape index (κ2) is 11.0. The van der Waals surface area contributed by atoms with E-state index in [1.807, 2.05) is 0 Å². The highest BCUT2D eigenvalue weighted by molar-refractivity contribution is 5.96. The van der Waals surface area contributed by atoms with Gasteiger partial charge >= 0.3 is 0 Å². The summed E-state index contributed by atoms with van der Waals surface area (Å²) in [5.41, 5.74) is -1.22. The third-order valence-electron chi connectivity index (χ3n) is 6.85. The van der Waals surface area contributed by atoms with Gasteiger partial charge < -0.3 is 9.80 Å².